The molecule has 8 rings (SSSR count). The topological polar surface area (TPSA) is 104 Å². The van der Waals surface area contributed by atoms with Crippen molar-refractivity contribution in [2.75, 3.05) is 9.80 Å². The van der Waals surface area contributed by atoms with E-state index in [1.807, 2.05) is 0 Å². The van der Waals surface area contributed by atoms with Crippen molar-refractivity contribution in [3.63, 3.8) is 0 Å². The minimum Gasteiger partial charge on any atom is -0.508 e. The molecule has 16 heteroatoms. The fourth-order valence-corrected chi connectivity index (χ4v) is 9.21. The number of imide groups is 2. The number of fused-ring (bicyclic) bond motifs is 5. The van der Waals surface area contributed by atoms with Crippen LogP contribution < -0.4 is 14.5 Å². The van der Waals surface area contributed by atoms with E-state index < -0.39 is 93.6 Å². The number of phenols is 1. The number of phenolic OH excluding ortho intramolecular Hbond substituents is 1. The number of hydrogen-bond donors (Lipinski definition) is 1. The third kappa shape index (κ3) is 5.25. The molecule has 2 saturated heterocycles. The van der Waals surface area contributed by atoms with Gasteiger partial charge in [-0.15, -0.1) is 0 Å². The van der Waals surface area contributed by atoms with Crippen LogP contribution in [0.15, 0.2) is 78.1 Å². The average molecular weight is 775 g/mol. The van der Waals surface area contributed by atoms with Gasteiger partial charge in [0, 0.05) is 17.9 Å². The Morgan fingerprint density at radius 3 is 2.17 bits per heavy atom. The van der Waals surface area contributed by atoms with Crippen LogP contribution in [0.2, 0.25) is 5.02 Å². The summed E-state index contributed by atoms with van der Waals surface area (Å²) < 4.78 is 103. The van der Waals surface area contributed by atoms with Crippen LogP contribution >= 0.6 is 11.6 Å². The summed E-state index contributed by atoms with van der Waals surface area (Å²) in [6.07, 6.45) is -7.66. The maximum atomic E-state index is 14.6. The molecule has 3 aliphatic heterocycles. The number of halogens is 8. The average Bonchev–Trinajstić information content (AvgIpc) is 3.47. The Bertz CT molecular complexity index is 2240. The summed E-state index contributed by atoms with van der Waals surface area (Å²) in [4.78, 5) is 58.5. The van der Waals surface area contributed by atoms with E-state index in [-0.39, 0.29) is 41.8 Å². The highest BCUT2D eigenvalue weighted by Gasteiger charge is 2.68. The second-order valence-corrected chi connectivity index (χ2v) is 14.7. The summed E-state index contributed by atoms with van der Waals surface area (Å²) in [6, 6.07) is 8.26. The molecule has 6 atom stereocenters. The molecule has 0 bridgehead atoms. The Morgan fingerprint density at radius 2 is 1.52 bits per heavy atom. The number of allylic oxidation sites excluding steroid dienone is 3. The van der Waals surface area contributed by atoms with Crippen LogP contribution in [-0.4, -0.2) is 28.7 Å². The fraction of sp³-hybridized carbons (Fsp3) is 0.316. The summed E-state index contributed by atoms with van der Waals surface area (Å²) in [5.41, 5.74) is -4.42. The minimum absolute atomic E-state index is 0.0203. The van der Waals surface area contributed by atoms with Crippen molar-refractivity contribution in [2.45, 2.75) is 38.5 Å². The van der Waals surface area contributed by atoms with Gasteiger partial charge in [-0.2, -0.15) is 26.3 Å². The summed E-state index contributed by atoms with van der Waals surface area (Å²) in [5, 5.41) is 9.86. The predicted octanol–water partition coefficient (Wildman–Crippen LogP) is 8.01. The first kappa shape index (κ1) is 35.8. The van der Waals surface area contributed by atoms with Crippen LogP contribution in [0.25, 0.3) is 0 Å². The van der Waals surface area contributed by atoms with Crippen LogP contribution in [0.1, 0.15) is 36.5 Å². The summed E-state index contributed by atoms with van der Waals surface area (Å²) in [7, 11) is 0. The number of carbonyl (C=O) groups excluding carboxylic acids is 4. The lowest BCUT2D eigenvalue weighted by atomic mass is 9.51. The Kier molecular flexibility index (Phi) is 7.90. The van der Waals surface area contributed by atoms with Gasteiger partial charge >= 0.3 is 12.4 Å². The van der Waals surface area contributed by atoms with E-state index in [4.69, 9.17) is 16.3 Å². The number of hydrogen-bond acceptors (Lipinski definition) is 6. The van der Waals surface area contributed by atoms with Crippen LogP contribution in [-0.2, 0) is 38.0 Å². The molecule has 8 nitrogen and oxygen atoms in total. The van der Waals surface area contributed by atoms with E-state index in [0.717, 1.165) is 17.0 Å². The first-order chi connectivity index (χ1) is 25.3. The number of ether oxygens (including phenoxy) is 1. The van der Waals surface area contributed by atoms with Crippen molar-refractivity contribution in [2.24, 2.45) is 35.0 Å². The minimum atomic E-state index is -5.24. The lowest BCUT2D eigenvalue weighted by Crippen LogP contribution is -2.51. The molecule has 1 N–H and O–H groups in total. The Hall–Kier alpha value is -5.18. The lowest BCUT2D eigenvalue weighted by molar-refractivity contribution is -0.143. The van der Waals surface area contributed by atoms with E-state index in [2.05, 4.69) is 0 Å². The fourth-order valence-electron chi connectivity index (χ4n) is 9.04. The van der Waals surface area contributed by atoms with Gasteiger partial charge in [-0.05, 0) is 85.9 Å². The molecule has 5 aliphatic rings. The molecule has 54 heavy (non-hydrogen) atoms. The van der Waals surface area contributed by atoms with Gasteiger partial charge in [0.05, 0.1) is 57.0 Å². The summed E-state index contributed by atoms with van der Waals surface area (Å²) in [5.74, 6) is -9.53. The number of alkyl halides is 6. The number of rotatable bonds is 3. The van der Waals surface area contributed by atoms with Crippen LogP contribution in [0, 0.1) is 40.8 Å². The van der Waals surface area contributed by atoms with Crippen LogP contribution in [0.4, 0.5) is 42.1 Å². The smallest absolute Gasteiger partial charge is 0.416 e. The molecular weight excluding hydrogens is 749 g/mol. The molecule has 3 heterocycles. The Morgan fingerprint density at radius 1 is 0.833 bits per heavy atom. The molecule has 0 aromatic heterocycles. The van der Waals surface area contributed by atoms with Gasteiger partial charge in [-0.1, -0.05) is 23.3 Å². The van der Waals surface area contributed by atoms with E-state index in [1.165, 1.54) is 30.5 Å². The third-order valence-corrected chi connectivity index (χ3v) is 11.7. The quantitative estimate of drug-likeness (QED) is 0.164. The van der Waals surface area contributed by atoms with Crippen molar-refractivity contribution in [3.8, 4) is 11.5 Å². The molecule has 3 aromatic carbocycles. The van der Waals surface area contributed by atoms with Gasteiger partial charge in [-0.25, -0.2) is 14.2 Å². The Balaban J connectivity index is 1.25. The zero-order valence-electron chi connectivity index (χ0n) is 27.8. The lowest BCUT2D eigenvalue weighted by Gasteiger charge is -2.49. The molecule has 0 unspecified atom stereocenters. The summed E-state index contributed by atoms with van der Waals surface area (Å²) >= 11 is 6.03. The van der Waals surface area contributed by atoms with Crippen molar-refractivity contribution < 1.29 is 59.8 Å². The molecule has 0 spiro atoms. The highest BCUT2D eigenvalue weighted by Crippen LogP contribution is 2.63. The normalized spacial score (nSPS) is 27.9. The molecular formula is C38H26ClF7N2O6. The van der Waals surface area contributed by atoms with Crippen molar-refractivity contribution in [1.29, 1.82) is 0 Å². The highest BCUT2D eigenvalue weighted by atomic mass is 35.5. The first-order valence-corrected chi connectivity index (χ1v) is 17.1. The molecule has 280 valence electrons. The predicted molar refractivity (Wildman–Crippen MR) is 176 cm³/mol. The van der Waals surface area contributed by atoms with Gasteiger partial charge in [0.2, 0.25) is 23.6 Å². The number of aromatic hydroxyl groups is 1. The largest absolute Gasteiger partial charge is 0.508 e. The summed E-state index contributed by atoms with van der Waals surface area (Å²) in [6.45, 7) is 1.57. The van der Waals surface area contributed by atoms with E-state index in [1.54, 1.807) is 13.0 Å². The van der Waals surface area contributed by atoms with Gasteiger partial charge in [-0.3, -0.25) is 19.2 Å². The first-order valence-electron chi connectivity index (χ1n) is 16.7. The molecule has 0 radical (unpaired) electrons. The number of nitrogens with zero attached hydrogens (tertiary/aromatic N) is 2. The second-order valence-electron chi connectivity index (χ2n) is 14.3. The van der Waals surface area contributed by atoms with Crippen molar-refractivity contribution >= 4 is 46.6 Å². The highest BCUT2D eigenvalue weighted by molar-refractivity contribution is 6.32. The molecule has 2 aliphatic carbocycles. The van der Waals surface area contributed by atoms with Gasteiger partial charge in [0.15, 0.2) is 0 Å². The SMILES string of the molecule is C[C@@]12C(=O)N(c3ccc(F)c(Cl)c3)C(=O)[C@@H]1C[C@@H]1C(=CC[C@@H]3C(=O)N(c4cc(C(F)(F)F)cc(C(F)(F)F)c4)C(=O)[C@@H]31)[C@@H]2C1=COc2ccc(O)cc2C1. The van der Waals surface area contributed by atoms with Gasteiger partial charge in [0.1, 0.15) is 17.3 Å². The third-order valence-electron chi connectivity index (χ3n) is 11.4. The Labute approximate surface area is 306 Å². The van der Waals surface area contributed by atoms with E-state index in [0.29, 0.717) is 39.5 Å². The van der Waals surface area contributed by atoms with Crippen LogP contribution in [0.3, 0.4) is 0 Å². The van der Waals surface area contributed by atoms with E-state index in [9.17, 15) is 55.0 Å². The number of anilines is 2. The monoisotopic (exact) mass is 774 g/mol. The molecule has 1 saturated carbocycles. The zero-order valence-corrected chi connectivity index (χ0v) is 28.5. The molecule has 4 amide bonds. The van der Waals surface area contributed by atoms with Crippen molar-refractivity contribution in [1.82, 2.24) is 0 Å². The van der Waals surface area contributed by atoms with Crippen LogP contribution in [0.5, 0.6) is 11.5 Å². The molecule has 3 aromatic rings. The van der Waals surface area contributed by atoms with E-state index >= 15 is 0 Å². The maximum absolute atomic E-state index is 14.6. The standard InChI is InChI=1S/C38H26ClF7N2O6/c1-36-26(33(51)48(35(36)53)20-2-6-28(40)27(39)13-20)14-25-23(31(36)17-8-16-9-22(49)3-7-29(16)54-15-17)4-5-24-30(25)34(52)47(32(24)50)21-11-18(37(41,42)43)10-19(12-21)38(44,45)46/h2-4,6-7,9-13,15,24-26,30-31,49H,5,8,14H2,1H3/t24-,25+,26-,30-,31-,36+/m0/s1. The molecule has 3 fully saturated rings. The maximum Gasteiger partial charge on any atom is 0.416 e. The number of amides is 4. The number of benzene rings is 3. The van der Waals surface area contributed by atoms with Gasteiger partial charge in [0.25, 0.3) is 0 Å². The zero-order chi connectivity index (χ0) is 38.8. The van der Waals surface area contributed by atoms with Crippen molar-refractivity contribution in [3.05, 3.63) is 106 Å². The number of carbonyl (C=O) groups is 4. The van der Waals surface area contributed by atoms with Gasteiger partial charge < -0.3 is 9.84 Å². The second kappa shape index (κ2) is 11.9.